The molecular formula is C27H19N3O2S. The van der Waals surface area contributed by atoms with Gasteiger partial charge in [-0.3, -0.25) is 9.36 Å². The number of benzene rings is 3. The molecule has 0 aliphatic heterocycles. The number of aromatic nitrogens is 3. The fourth-order valence-electron chi connectivity index (χ4n) is 4.27. The Kier molecular flexibility index (Phi) is 4.92. The summed E-state index contributed by atoms with van der Waals surface area (Å²) in [7, 11) is 0. The average Bonchev–Trinajstić information content (AvgIpc) is 3.60. The molecule has 0 radical (unpaired) electrons. The summed E-state index contributed by atoms with van der Waals surface area (Å²) in [6.45, 7) is 0. The van der Waals surface area contributed by atoms with Gasteiger partial charge < -0.3 is 4.42 Å². The molecule has 0 saturated carbocycles. The van der Waals surface area contributed by atoms with E-state index in [1.807, 2.05) is 59.2 Å². The van der Waals surface area contributed by atoms with Gasteiger partial charge in [0.25, 0.3) is 0 Å². The molecular weight excluding hydrogens is 430 g/mol. The molecule has 0 amide bonds. The molecule has 3 aromatic carbocycles. The molecule has 1 aliphatic rings. The molecule has 33 heavy (non-hydrogen) atoms. The van der Waals surface area contributed by atoms with E-state index in [-0.39, 0.29) is 11.5 Å². The highest BCUT2D eigenvalue weighted by Gasteiger charge is 2.21. The van der Waals surface area contributed by atoms with Crippen LogP contribution in [0.25, 0.3) is 28.4 Å². The Bertz CT molecular complexity index is 1460. The van der Waals surface area contributed by atoms with E-state index in [4.69, 9.17) is 4.42 Å². The maximum Gasteiger partial charge on any atom is 0.205 e. The number of hydrogen-bond donors (Lipinski definition) is 0. The molecule has 1 aliphatic carbocycles. The van der Waals surface area contributed by atoms with Crippen molar-refractivity contribution in [2.45, 2.75) is 11.6 Å². The number of carbonyl (C=O) groups is 1. The summed E-state index contributed by atoms with van der Waals surface area (Å²) in [6, 6.07) is 28.0. The minimum absolute atomic E-state index is 0.0703. The lowest BCUT2D eigenvalue weighted by molar-refractivity contribution is 0.102. The van der Waals surface area contributed by atoms with Gasteiger partial charge in [0.05, 0.1) is 12.0 Å². The van der Waals surface area contributed by atoms with Crippen molar-refractivity contribution in [1.29, 1.82) is 0 Å². The lowest BCUT2D eigenvalue weighted by atomic mass is 10.0. The van der Waals surface area contributed by atoms with Gasteiger partial charge >= 0.3 is 0 Å². The Labute approximate surface area is 195 Å². The van der Waals surface area contributed by atoms with E-state index in [0.717, 1.165) is 17.7 Å². The van der Waals surface area contributed by atoms with E-state index >= 15 is 0 Å². The van der Waals surface area contributed by atoms with Crippen molar-refractivity contribution in [2.75, 3.05) is 5.75 Å². The number of ketones is 1. The van der Waals surface area contributed by atoms with Gasteiger partial charge in [-0.1, -0.05) is 66.4 Å². The first-order valence-electron chi connectivity index (χ1n) is 10.7. The van der Waals surface area contributed by atoms with Gasteiger partial charge in [-0.2, -0.15) is 0 Å². The monoisotopic (exact) mass is 449 g/mol. The van der Waals surface area contributed by atoms with Crippen LogP contribution in [0.5, 0.6) is 0 Å². The van der Waals surface area contributed by atoms with Crippen LogP contribution in [0.15, 0.2) is 101 Å². The van der Waals surface area contributed by atoms with Crippen molar-refractivity contribution in [3.05, 3.63) is 108 Å². The number of fused-ring (bicyclic) bond motifs is 3. The van der Waals surface area contributed by atoms with E-state index < -0.39 is 0 Å². The van der Waals surface area contributed by atoms with Crippen LogP contribution >= 0.6 is 11.8 Å². The van der Waals surface area contributed by atoms with Crippen molar-refractivity contribution < 1.29 is 9.21 Å². The number of para-hydroxylation sites is 1. The zero-order chi connectivity index (χ0) is 22.2. The quantitative estimate of drug-likeness (QED) is 0.228. The Morgan fingerprint density at radius 1 is 0.879 bits per heavy atom. The summed E-state index contributed by atoms with van der Waals surface area (Å²) in [5.41, 5.74) is 6.65. The Hall–Kier alpha value is -3.90. The predicted octanol–water partition coefficient (Wildman–Crippen LogP) is 6.07. The maximum atomic E-state index is 13.1. The van der Waals surface area contributed by atoms with E-state index in [1.54, 1.807) is 6.26 Å². The molecule has 2 heterocycles. The number of rotatable bonds is 6. The van der Waals surface area contributed by atoms with Crippen molar-refractivity contribution in [1.82, 2.24) is 14.8 Å². The summed E-state index contributed by atoms with van der Waals surface area (Å²) in [4.78, 5) is 13.1. The minimum atomic E-state index is 0.0703. The zero-order valence-electron chi connectivity index (χ0n) is 17.6. The zero-order valence-corrected chi connectivity index (χ0v) is 18.5. The van der Waals surface area contributed by atoms with Gasteiger partial charge in [0, 0.05) is 11.3 Å². The molecule has 0 atom stereocenters. The van der Waals surface area contributed by atoms with E-state index in [1.165, 1.54) is 34.0 Å². The summed E-state index contributed by atoms with van der Waals surface area (Å²) < 4.78 is 7.49. The molecule has 0 spiro atoms. The SMILES string of the molecule is O=C(CSc1nnc(-c2ccco2)n1-c1ccccc1)c1ccc2c(c1)Cc1ccccc1-2. The molecule has 5 aromatic rings. The largest absolute Gasteiger partial charge is 0.461 e. The Balaban J connectivity index is 1.26. The fourth-order valence-corrected chi connectivity index (χ4v) is 5.12. The first-order valence-corrected chi connectivity index (χ1v) is 11.7. The average molecular weight is 450 g/mol. The number of carbonyl (C=O) groups excluding carboxylic acids is 1. The summed E-state index contributed by atoms with van der Waals surface area (Å²) in [5.74, 6) is 1.58. The molecule has 0 N–H and O–H groups in total. The van der Waals surface area contributed by atoms with Gasteiger partial charge in [0.15, 0.2) is 16.7 Å². The molecule has 0 saturated heterocycles. The summed E-state index contributed by atoms with van der Waals surface area (Å²) in [6.07, 6.45) is 2.48. The highest BCUT2D eigenvalue weighted by atomic mass is 32.2. The minimum Gasteiger partial charge on any atom is -0.461 e. The van der Waals surface area contributed by atoms with Gasteiger partial charge in [0.1, 0.15) is 0 Å². The summed E-state index contributed by atoms with van der Waals surface area (Å²) >= 11 is 1.38. The third kappa shape index (κ3) is 3.58. The van der Waals surface area contributed by atoms with Crippen LogP contribution in [0, 0.1) is 0 Å². The molecule has 6 rings (SSSR count). The second-order valence-electron chi connectivity index (χ2n) is 7.87. The first-order chi connectivity index (χ1) is 16.3. The van der Waals surface area contributed by atoms with E-state index in [0.29, 0.717) is 16.7 Å². The second-order valence-corrected chi connectivity index (χ2v) is 8.81. The highest BCUT2D eigenvalue weighted by Crippen LogP contribution is 2.37. The van der Waals surface area contributed by atoms with Crippen LogP contribution < -0.4 is 0 Å². The topological polar surface area (TPSA) is 60.9 Å². The number of furan rings is 1. The lowest BCUT2D eigenvalue weighted by Gasteiger charge is -2.09. The first kappa shape index (κ1) is 19.8. The Morgan fingerprint density at radius 2 is 1.70 bits per heavy atom. The van der Waals surface area contributed by atoms with Gasteiger partial charge in [0.2, 0.25) is 5.82 Å². The van der Waals surface area contributed by atoms with Crippen LogP contribution in [-0.2, 0) is 6.42 Å². The van der Waals surface area contributed by atoms with E-state index in [2.05, 4.69) is 40.5 Å². The van der Waals surface area contributed by atoms with E-state index in [9.17, 15) is 4.79 Å². The molecule has 2 aromatic heterocycles. The van der Waals surface area contributed by atoms with Crippen molar-refractivity contribution in [3.8, 4) is 28.4 Å². The van der Waals surface area contributed by atoms with Crippen LogP contribution in [0.4, 0.5) is 0 Å². The van der Waals surface area contributed by atoms with Crippen molar-refractivity contribution >= 4 is 17.5 Å². The molecule has 0 bridgehead atoms. The van der Waals surface area contributed by atoms with Crippen LogP contribution in [-0.4, -0.2) is 26.3 Å². The number of nitrogens with zero attached hydrogens (tertiary/aromatic N) is 3. The van der Waals surface area contributed by atoms with Gasteiger partial charge in [-0.25, -0.2) is 0 Å². The van der Waals surface area contributed by atoms with Crippen molar-refractivity contribution in [2.24, 2.45) is 0 Å². The van der Waals surface area contributed by atoms with Crippen LogP contribution in [0.3, 0.4) is 0 Å². The molecule has 6 heteroatoms. The maximum absolute atomic E-state index is 13.1. The second kappa shape index (κ2) is 8.22. The fraction of sp³-hybridized carbons (Fsp3) is 0.0741. The standard InChI is InChI=1S/C27H19N3O2S/c31-24(19-12-13-23-20(16-19)15-18-7-4-5-10-22(18)23)17-33-27-29-28-26(25-11-6-14-32-25)30(27)21-8-2-1-3-9-21/h1-14,16H,15,17H2. The molecule has 5 nitrogen and oxygen atoms in total. The molecule has 160 valence electrons. The number of hydrogen-bond acceptors (Lipinski definition) is 5. The molecule has 0 unspecified atom stereocenters. The predicted molar refractivity (Wildman–Crippen MR) is 129 cm³/mol. The molecule has 0 fully saturated rings. The Morgan fingerprint density at radius 3 is 2.55 bits per heavy atom. The normalized spacial score (nSPS) is 11.9. The van der Waals surface area contributed by atoms with Crippen molar-refractivity contribution in [3.63, 3.8) is 0 Å². The summed E-state index contributed by atoms with van der Waals surface area (Å²) in [5, 5.41) is 9.35. The highest BCUT2D eigenvalue weighted by molar-refractivity contribution is 7.99. The lowest BCUT2D eigenvalue weighted by Crippen LogP contribution is -2.05. The van der Waals surface area contributed by atoms with Crippen LogP contribution in [0.1, 0.15) is 21.5 Å². The smallest absolute Gasteiger partial charge is 0.205 e. The number of Topliss-reactive ketones (excluding diaryl/α,β-unsaturated/α-hetero) is 1. The third-order valence-corrected chi connectivity index (χ3v) is 6.77. The van der Waals surface area contributed by atoms with Gasteiger partial charge in [-0.05, 0) is 59.0 Å². The van der Waals surface area contributed by atoms with Crippen LogP contribution in [0.2, 0.25) is 0 Å². The van der Waals surface area contributed by atoms with Gasteiger partial charge in [-0.15, -0.1) is 10.2 Å². The third-order valence-electron chi connectivity index (χ3n) is 5.84. The number of thioether (sulfide) groups is 1.